The maximum Gasteiger partial charge on any atom is 0.123 e. The molecule has 0 spiro atoms. The highest BCUT2D eigenvalue weighted by atomic mass is 29.3. The zero-order chi connectivity index (χ0) is 45.1. The van der Waals surface area contributed by atoms with E-state index in [1.165, 1.54) is 33.4 Å². The Labute approximate surface area is 375 Å². The molecule has 0 aromatic heterocycles. The lowest BCUT2D eigenvalue weighted by Gasteiger charge is -2.52. The van der Waals surface area contributed by atoms with E-state index in [9.17, 15) is 0 Å². The van der Waals surface area contributed by atoms with Crippen LogP contribution < -0.4 is 0 Å². The van der Waals surface area contributed by atoms with Crippen molar-refractivity contribution >= 4 is 72.1 Å². The standard InChI is InChI=1S/C52H76Si8/c1-53(2,3)51-49(47-33-29-45(30-34-47)43-25-21-41(22-26-43)37-39-57(13,14)55(7,8)9)59(17,18)60(19,20)50(52(51)54(4,5)6)48-35-31-46(32-36-48)44-27-23-42(24-28-44)38-40-58(15,16)56(10,11)12/h21-36H,1-20H3. The molecular formula is C52H76Si8. The number of benzene rings is 4. The highest BCUT2D eigenvalue weighted by Gasteiger charge is 2.55. The zero-order valence-electron chi connectivity index (χ0n) is 41.2. The van der Waals surface area contributed by atoms with Gasteiger partial charge in [0.2, 0.25) is 0 Å². The van der Waals surface area contributed by atoms with Gasteiger partial charge in [-0.15, -0.1) is 11.1 Å². The topological polar surface area (TPSA) is 0 Å². The molecule has 0 unspecified atom stereocenters. The van der Waals surface area contributed by atoms with Crippen LogP contribution in [0.4, 0.5) is 0 Å². The van der Waals surface area contributed by atoms with E-state index in [2.05, 4.69) is 251 Å². The first kappa shape index (κ1) is 48.3. The minimum absolute atomic E-state index is 1.13. The smallest absolute Gasteiger partial charge is 0.123 e. The Morgan fingerprint density at radius 3 is 0.750 bits per heavy atom. The predicted octanol–water partition coefficient (Wildman–Crippen LogP) is 15.6. The SMILES string of the molecule is C[Si](C)(C)C1=C(c2ccc(-c3ccc(C#C[Si](C)(C)[Si](C)(C)C)cc3)cc2)[Si](C)(C)[Si](C)(C)C(c2ccc(-c3ccc(C#C[Si](C)(C)[Si](C)(C)C)cc3)cc2)=C1[Si](C)(C)C. The lowest BCUT2D eigenvalue weighted by Crippen LogP contribution is -2.62. The largest absolute Gasteiger partial charge is 0.130 e. The zero-order valence-corrected chi connectivity index (χ0v) is 49.2. The van der Waals surface area contributed by atoms with Crippen molar-refractivity contribution in [2.75, 3.05) is 0 Å². The fraction of sp³-hybridized carbons (Fsp3) is 0.385. The fourth-order valence-electron chi connectivity index (χ4n) is 7.99. The Kier molecular flexibility index (Phi) is 13.5. The molecule has 0 saturated carbocycles. The summed E-state index contributed by atoms with van der Waals surface area (Å²) in [5.41, 5.74) is 17.8. The maximum absolute atomic E-state index is 3.75. The molecule has 8 heteroatoms. The van der Waals surface area contributed by atoms with Gasteiger partial charge in [0, 0.05) is 11.1 Å². The second-order valence-corrected chi connectivity index (χ2v) is 81.3. The Morgan fingerprint density at radius 1 is 0.317 bits per heavy atom. The van der Waals surface area contributed by atoms with E-state index in [1.807, 2.05) is 0 Å². The molecule has 1 aliphatic heterocycles. The van der Waals surface area contributed by atoms with Gasteiger partial charge in [0.15, 0.2) is 0 Å². The van der Waals surface area contributed by atoms with E-state index < -0.39 is 61.7 Å². The molecule has 5 rings (SSSR count). The van der Waals surface area contributed by atoms with Crippen molar-refractivity contribution in [3.8, 4) is 45.2 Å². The molecule has 0 amide bonds. The first-order valence-electron chi connectivity index (χ1n) is 22.3. The molecule has 0 saturated heterocycles. The molecule has 0 aliphatic carbocycles. The van der Waals surface area contributed by atoms with Crippen LogP contribution in [0.15, 0.2) is 107 Å². The van der Waals surface area contributed by atoms with Gasteiger partial charge in [-0.3, -0.25) is 0 Å². The van der Waals surface area contributed by atoms with Gasteiger partial charge in [-0.25, -0.2) is 0 Å². The van der Waals surface area contributed by atoms with Crippen LogP contribution in [0, 0.1) is 22.9 Å². The molecule has 4 aromatic rings. The van der Waals surface area contributed by atoms with Gasteiger partial charge < -0.3 is 0 Å². The van der Waals surface area contributed by atoms with Crippen LogP contribution in [0.25, 0.3) is 32.6 Å². The summed E-state index contributed by atoms with van der Waals surface area (Å²) in [5, 5.41) is 7.09. The van der Waals surface area contributed by atoms with E-state index >= 15 is 0 Å². The van der Waals surface area contributed by atoms with Crippen LogP contribution in [-0.4, -0.2) is 61.7 Å². The monoisotopic (exact) mass is 924 g/mol. The second-order valence-electron chi connectivity index (χ2n) is 23.8. The molecule has 0 nitrogen and oxygen atoms in total. The van der Waals surface area contributed by atoms with Gasteiger partial charge in [0.25, 0.3) is 0 Å². The third kappa shape index (κ3) is 9.87. The summed E-state index contributed by atoms with van der Waals surface area (Å²) >= 11 is 0. The van der Waals surface area contributed by atoms with Crippen LogP contribution >= 0.6 is 0 Å². The third-order valence-corrected chi connectivity index (χ3v) is 69.2. The van der Waals surface area contributed by atoms with Crippen LogP contribution in [0.1, 0.15) is 22.3 Å². The quantitative estimate of drug-likeness (QED) is 0.122. The molecule has 4 aromatic carbocycles. The molecule has 0 fully saturated rings. The average Bonchev–Trinajstić information content (AvgIpc) is 3.13. The van der Waals surface area contributed by atoms with E-state index in [-0.39, 0.29) is 0 Å². The second kappa shape index (κ2) is 16.7. The highest BCUT2D eigenvalue weighted by molar-refractivity contribution is 7.54. The van der Waals surface area contributed by atoms with Gasteiger partial charge in [0.1, 0.15) is 15.2 Å². The van der Waals surface area contributed by atoms with Gasteiger partial charge >= 0.3 is 0 Å². The van der Waals surface area contributed by atoms with Crippen LogP contribution in [0.5, 0.6) is 0 Å². The van der Waals surface area contributed by atoms with Crippen molar-refractivity contribution < 1.29 is 0 Å². The Morgan fingerprint density at radius 2 is 0.533 bits per heavy atom. The van der Waals surface area contributed by atoms with Crippen molar-refractivity contribution in [1.82, 2.24) is 0 Å². The molecule has 1 heterocycles. The van der Waals surface area contributed by atoms with Crippen molar-refractivity contribution in [2.24, 2.45) is 0 Å². The van der Waals surface area contributed by atoms with Gasteiger partial charge in [0.05, 0.1) is 46.5 Å². The van der Waals surface area contributed by atoms with Gasteiger partial charge in [-0.1, -0.05) is 236 Å². The summed E-state index contributed by atoms with van der Waals surface area (Å²) in [6, 6.07) is 37.5. The molecule has 316 valence electrons. The van der Waals surface area contributed by atoms with Crippen LogP contribution in [0.3, 0.4) is 0 Å². The highest BCUT2D eigenvalue weighted by Crippen LogP contribution is 2.54. The Hall–Kier alpha value is -2.78. The summed E-state index contributed by atoms with van der Waals surface area (Å²) in [6.07, 6.45) is 0. The number of allylic oxidation sites excluding steroid dienone is 2. The van der Waals surface area contributed by atoms with E-state index in [4.69, 9.17) is 0 Å². The summed E-state index contributed by atoms with van der Waals surface area (Å²) in [6.45, 7) is 51.2. The minimum atomic E-state index is -1.99. The number of hydrogen-bond acceptors (Lipinski definition) is 0. The molecule has 60 heavy (non-hydrogen) atoms. The molecular weight excluding hydrogens is 849 g/mol. The third-order valence-electron chi connectivity index (χ3n) is 14.6. The molecule has 1 aliphatic rings. The van der Waals surface area contributed by atoms with E-state index in [1.54, 1.807) is 20.8 Å². The molecule has 0 radical (unpaired) electrons. The summed E-state index contributed by atoms with van der Waals surface area (Å²) in [4.78, 5) is 0. The van der Waals surface area contributed by atoms with Crippen LogP contribution in [-0.2, 0) is 0 Å². The van der Waals surface area contributed by atoms with E-state index in [0.717, 1.165) is 11.1 Å². The predicted molar refractivity (Wildman–Crippen MR) is 295 cm³/mol. The fourth-order valence-corrected chi connectivity index (χ4v) is 33.1. The molecule has 0 atom stereocenters. The summed E-state index contributed by atoms with van der Waals surface area (Å²) in [5.74, 6) is 7.12. The lowest BCUT2D eigenvalue weighted by atomic mass is 10.0. The summed E-state index contributed by atoms with van der Waals surface area (Å²) < 4.78 is 0. The molecule has 0 bridgehead atoms. The van der Waals surface area contributed by atoms with Gasteiger partial charge in [-0.2, -0.15) is 0 Å². The first-order valence-corrected chi connectivity index (χ1v) is 51.3. The lowest BCUT2D eigenvalue weighted by molar-refractivity contribution is 1.49. The Balaban J connectivity index is 1.57. The van der Waals surface area contributed by atoms with Crippen molar-refractivity contribution in [3.63, 3.8) is 0 Å². The van der Waals surface area contributed by atoms with Crippen molar-refractivity contribution in [1.29, 1.82) is 0 Å². The average molecular weight is 926 g/mol. The Bertz CT molecular complexity index is 2230. The van der Waals surface area contributed by atoms with Gasteiger partial charge in [-0.05, 0) is 57.6 Å². The van der Waals surface area contributed by atoms with E-state index in [0.29, 0.717) is 0 Å². The first-order chi connectivity index (χ1) is 27.3. The van der Waals surface area contributed by atoms with Crippen LogP contribution in [0.2, 0.25) is 131 Å². The number of hydrogen-bond donors (Lipinski definition) is 0. The number of rotatable bonds is 8. The van der Waals surface area contributed by atoms with Crippen molar-refractivity contribution in [2.45, 2.75) is 131 Å². The summed E-state index contributed by atoms with van der Waals surface area (Å²) in [7, 11) is -13.1. The normalized spacial score (nSPS) is 16.2. The van der Waals surface area contributed by atoms with Crippen molar-refractivity contribution in [3.05, 3.63) is 130 Å². The maximum atomic E-state index is 3.75. The molecule has 0 N–H and O–H groups in total. The minimum Gasteiger partial charge on any atom is -0.130 e.